The number of hydrogen-bond donors (Lipinski definition) is 1. The number of rotatable bonds is 5. The van der Waals surface area contributed by atoms with Gasteiger partial charge < -0.3 is 5.11 Å². The van der Waals surface area contributed by atoms with E-state index < -0.39 is 15.9 Å². The molecule has 1 aromatic rings. The van der Waals surface area contributed by atoms with Gasteiger partial charge in [-0.2, -0.15) is 0 Å². The average molecular weight is 269 g/mol. The SMILES string of the molecule is CC(C)C(O)CS(=O)(=O)c1cncc(C2CC2)c1. The van der Waals surface area contributed by atoms with Crippen molar-refractivity contribution in [3.63, 3.8) is 0 Å². The summed E-state index contributed by atoms with van der Waals surface area (Å²) in [5, 5.41) is 9.71. The Labute approximate surface area is 108 Å². The quantitative estimate of drug-likeness (QED) is 0.884. The minimum absolute atomic E-state index is 0.0700. The summed E-state index contributed by atoms with van der Waals surface area (Å²) in [4.78, 5) is 4.23. The van der Waals surface area contributed by atoms with Gasteiger partial charge in [0.25, 0.3) is 0 Å². The van der Waals surface area contributed by atoms with Gasteiger partial charge in [-0.05, 0) is 36.3 Å². The standard InChI is InChI=1S/C13H19NO3S/c1-9(2)13(15)8-18(16,17)12-5-11(6-14-7-12)10-3-4-10/h5-7,9-10,13,15H,3-4,8H2,1-2H3. The first-order chi connectivity index (χ1) is 8.40. The lowest BCUT2D eigenvalue weighted by Crippen LogP contribution is -2.25. The first-order valence-corrected chi connectivity index (χ1v) is 7.91. The molecule has 0 saturated heterocycles. The van der Waals surface area contributed by atoms with Crippen molar-refractivity contribution in [2.24, 2.45) is 5.92 Å². The van der Waals surface area contributed by atoms with Gasteiger partial charge in [-0.1, -0.05) is 13.8 Å². The molecule has 1 aliphatic rings. The van der Waals surface area contributed by atoms with Crippen LogP contribution in [0.15, 0.2) is 23.4 Å². The van der Waals surface area contributed by atoms with Crippen LogP contribution in [0.4, 0.5) is 0 Å². The van der Waals surface area contributed by atoms with E-state index in [0.717, 1.165) is 18.4 Å². The Morgan fingerprint density at radius 2 is 2.06 bits per heavy atom. The van der Waals surface area contributed by atoms with Gasteiger partial charge in [-0.3, -0.25) is 4.98 Å². The van der Waals surface area contributed by atoms with Crippen LogP contribution in [0.5, 0.6) is 0 Å². The van der Waals surface area contributed by atoms with E-state index in [2.05, 4.69) is 4.98 Å². The Morgan fingerprint density at radius 3 is 2.61 bits per heavy atom. The first kappa shape index (κ1) is 13.5. The molecule has 0 aliphatic heterocycles. The van der Waals surface area contributed by atoms with Gasteiger partial charge in [-0.15, -0.1) is 0 Å². The van der Waals surface area contributed by atoms with Crippen molar-refractivity contribution in [3.8, 4) is 0 Å². The summed E-state index contributed by atoms with van der Waals surface area (Å²) >= 11 is 0. The summed E-state index contributed by atoms with van der Waals surface area (Å²) < 4.78 is 24.3. The molecule has 1 fully saturated rings. The fourth-order valence-corrected chi connectivity index (χ4v) is 3.32. The van der Waals surface area contributed by atoms with Gasteiger partial charge in [0.2, 0.25) is 0 Å². The number of pyridine rings is 1. The van der Waals surface area contributed by atoms with E-state index in [-0.39, 0.29) is 16.6 Å². The molecule has 0 bridgehead atoms. The summed E-state index contributed by atoms with van der Waals surface area (Å²) in [7, 11) is -3.45. The van der Waals surface area contributed by atoms with Gasteiger partial charge in [0.1, 0.15) is 0 Å². The van der Waals surface area contributed by atoms with Gasteiger partial charge in [0.05, 0.1) is 16.8 Å². The van der Waals surface area contributed by atoms with Gasteiger partial charge in [-0.25, -0.2) is 8.42 Å². The van der Waals surface area contributed by atoms with Crippen LogP contribution >= 0.6 is 0 Å². The monoisotopic (exact) mass is 269 g/mol. The third kappa shape index (κ3) is 3.09. The average Bonchev–Trinajstić information content (AvgIpc) is 3.12. The van der Waals surface area contributed by atoms with Crippen molar-refractivity contribution in [1.82, 2.24) is 4.98 Å². The second-order valence-electron chi connectivity index (χ2n) is 5.32. The van der Waals surface area contributed by atoms with Crippen LogP contribution in [0.1, 0.15) is 38.2 Å². The van der Waals surface area contributed by atoms with Gasteiger partial charge in [0, 0.05) is 12.4 Å². The minimum atomic E-state index is -3.45. The van der Waals surface area contributed by atoms with E-state index in [9.17, 15) is 13.5 Å². The molecule has 18 heavy (non-hydrogen) atoms. The summed E-state index contributed by atoms with van der Waals surface area (Å²) in [6.07, 6.45) is 4.49. The molecule has 1 aromatic heterocycles. The lowest BCUT2D eigenvalue weighted by Gasteiger charge is -2.14. The molecule has 1 atom stereocenters. The zero-order valence-corrected chi connectivity index (χ0v) is 11.5. The van der Waals surface area contributed by atoms with Crippen molar-refractivity contribution in [2.75, 3.05) is 5.75 Å². The molecule has 0 radical (unpaired) electrons. The summed E-state index contributed by atoms with van der Waals surface area (Å²) in [6.45, 7) is 3.61. The number of nitrogens with zero attached hydrogens (tertiary/aromatic N) is 1. The predicted molar refractivity (Wildman–Crippen MR) is 69.1 cm³/mol. The van der Waals surface area contributed by atoms with Crippen LogP contribution in [-0.2, 0) is 9.84 Å². The summed E-state index contributed by atoms with van der Waals surface area (Å²) in [5.41, 5.74) is 0.995. The van der Waals surface area contributed by atoms with E-state index in [4.69, 9.17) is 0 Å². The van der Waals surface area contributed by atoms with Crippen LogP contribution in [0.3, 0.4) is 0 Å². The minimum Gasteiger partial charge on any atom is -0.392 e. The zero-order valence-electron chi connectivity index (χ0n) is 10.7. The van der Waals surface area contributed by atoms with Crippen LogP contribution in [0.2, 0.25) is 0 Å². The van der Waals surface area contributed by atoms with Gasteiger partial charge >= 0.3 is 0 Å². The second kappa shape index (κ2) is 4.97. The molecular weight excluding hydrogens is 250 g/mol. The highest BCUT2D eigenvalue weighted by atomic mass is 32.2. The topological polar surface area (TPSA) is 67.3 Å². The Morgan fingerprint density at radius 1 is 1.39 bits per heavy atom. The van der Waals surface area contributed by atoms with E-state index in [1.165, 1.54) is 6.20 Å². The first-order valence-electron chi connectivity index (χ1n) is 6.26. The predicted octanol–water partition coefficient (Wildman–Crippen LogP) is 1.75. The largest absolute Gasteiger partial charge is 0.392 e. The molecule has 1 unspecified atom stereocenters. The van der Waals surface area contributed by atoms with Crippen molar-refractivity contribution < 1.29 is 13.5 Å². The highest BCUT2D eigenvalue weighted by molar-refractivity contribution is 7.91. The maximum absolute atomic E-state index is 12.1. The number of aromatic nitrogens is 1. The Balaban J connectivity index is 2.21. The van der Waals surface area contributed by atoms with Gasteiger partial charge in [0.15, 0.2) is 9.84 Å². The molecule has 0 aromatic carbocycles. The number of aliphatic hydroxyl groups is 1. The molecule has 1 aliphatic carbocycles. The molecule has 0 amide bonds. The Kier molecular flexibility index (Phi) is 3.73. The van der Waals surface area contributed by atoms with E-state index >= 15 is 0 Å². The van der Waals surface area contributed by atoms with Crippen molar-refractivity contribution in [2.45, 2.75) is 43.6 Å². The molecule has 100 valence electrons. The van der Waals surface area contributed by atoms with E-state index in [1.54, 1.807) is 26.1 Å². The molecule has 2 rings (SSSR count). The normalized spacial score (nSPS) is 18.0. The highest BCUT2D eigenvalue weighted by Gasteiger charge is 2.27. The summed E-state index contributed by atoms with van der Waals surface area (Å²) in [6, 6.07) is 1.70. The molecule has 5 heteroatoms. The van der Waals surface area contributed by atoms with E-state index in [1.807, 2.05) is 0 Å². The molecule has 4 nitrogen and oxygen atoms in total. The maximum Gasteiger partial charge on any atom is 0.182 e. The number of hydrogen-bond acceptors (Lipinski definition) is 4. The smallest absolute Gasteiger partial charge is 0.182 e. The molecule has 1 saturated carbocycles. The van der Waals surface area contributed by atoms with Crippen molar-refractivity contribution >= 4 is 9.84 Å². The third-order valence-corrected chi connectivity index (χ3v) is 5.02. The molecule has 0 spiro atoms. The fraction of sp³-hybridized carbons (Fsp3) is 0.615. The highest BCUT2D eigenvalue weighted by Crippen LogP contribution is 2.40. The Bertz CT molecular complexity index is 521. The van der Waals surface area contributed by atoms with E-state index in [0.29, 0.717) is 5.92 Å². The zero-order chi connectivity index (χ0) is 13.3. The van der Waals surface area contributed by atoms with Crippen LogP contribution < -0.4 is 0 Å². The maximum atomic E-state index is 12.1. The van der Waals surface area contributed by atoms with Crippen molar-refractivity contribution in [1.29, 1.82) is 0 Å². The Hall–Kier alpha value is -0.940. The molecule has 1 N–H and O–H groups in total. The fourth-order valence-electron chi connectivity index (χ4n) is 1.76. The molecule has 1 heterocycles. The second-order valence-corrected chi connectivity index (χ2v) is 7.36. The van der Waals surface area contributed by atoms with Crippen molar-refractivity contribution in [3.05, 3.63) is 24.0 Å². The number of sulfone groups is 1. The van der Waals surface area contributed by atoms with Crippen LogP contribution in [0.25, 0.3) is 0 Å². The third-order valence-electron chi connectivity index (χ3n) is 3.30. The van der Waals surface area contributed by atoms with Crippen LogP contribution in [0, 0.1) is 5.92 Å². The molecular formula is C13H19NO3S. The number of aliphatic hydroxyl groups excluding tert-OH is 1. The summed E-state index contributed by atoms with van der Waals surface area (Å²) in [5.74, 6) is 0.169. The lowest BCUT2D eigenvalue weighted by molar-refractivity contribution is 0.147. The van der Waals surface area contributed by atoms with Crippen LogP contribution in [-0.4, -0.2) is 30.4 Å². The lowest BCUT2D eigenvalue weighted by atomic mass is 10.1.